The van der Waals surface area contributed by atoms with Gasteiger partial charge < -0.3 is 9.64 Å². The van der Waals surface area contributed by atoms with Gasteiger partial charge in [-0.1, -0.05) is 12.1 Å². The van der Waals surface area contributed by atoms with Gasteiger partial charge in [0.05, 0.1) is 18.5 Å². The van der Waals surface area contributed by atoms with Crippen molar-refractivity contribution in [2.75, 3.05) is 38.2 Å². The lowest BCUT2D eigenvalue weighted by Gasteiger charge is -2.35. The first-order valence-electron chi connectivity index (χ1n) is 9.20. The molecule has 1 aliphatic heterocycles. The maximum absolute atomic E-state index is 13.3. The van der Waals surface area contributed by atoms with Gasteiger partial charge in [-0.25, -0.2) is 13.4 Å². The number of methoxy groups -OCH3 is 1. The third kappa shape index (κ3) is 3.41. The van der Waals surface area contributed by atoms with Gasteiger partial charge in [-0.05, 0) is 26.0 Å². The standard InChI is InChI=1S/C19H22N4O4S2/c1-13-12-23-18(24)17(14(2)20-19(23)28-13)29(25,26)22-10-8-21(9-11-22)15-6-4-5-7-16(15)27-3/h4-7,12H,8-11H2,1-3H3. The zero-order valence-electron chi connectivity index (χ0n) is 16.5. The Morgan fingerprint density at radius 3 is 2.48 bits per heavy atom. The molecule has 1 fully saturated rings. The molecule has 0 saturated carbocycles. The topological polar surface area (TPSA) is 84.2 Å². The second-order valence-electron chi connectivity index (χ2n) is 6.89. The molecule has 154 valence electrons. The highest BCUT2D eigenvalue weighted by molar-refractivity contribution is 7.89. The summed E-state index contributed by atoms with van der Waals surface area (Å²) in [7, 11) is -2.33. The summed E-state index contributed by atoms with van der Waals surface area (Å²) in [6.45, 7) is 5.02. The van der Waals surface area contributed by atoms with E-state index in [4.69, 9.17) is 4.74 Å². The van der Waals surface area contributed by atoms with E-state index in [1.165, 1.54) is 20.0 Å². The highest BCUT2D eigenvalue weighted by Gasteiger charge is 2.33. The van der Waals surface area contributed by atoms with E-state index in [1.807, 2.05) is 31.2 Å². The molecule has 0 spiro atoms. The minimum absolute atomic E-state index is 0.237. The Bertz CT molecular complexity index is 1220. The largest absolute Gasteiger partial charge is 0.495 e. The molecule has 1 aliphatic rings. The molecule has 0 N–H and O–H groups in total. The summed E-state index contributed by atoms with van der Waals surface area (Å²) in [5, 5.41) is 0. The number of hydrogen-bond donors (Lipinski definition) is 0. The number of fused-ring (bicyclic) bond motifs is 1. The number of hydrogen-bond acceptors (Lipinski definition) is 7. The van der Waals surface area contributed by atoms with Crippen LogP contribution in [-0.2, 0) is 10.0 Å². The van der Waals surface area contributed by atoms with Gasteiger partial charge in [-0.15, -0.1) is 11.3 Å². The number of para-hydroxylation sites is 2. The molecule has 1 saturated heterocycles. The van der Waals surface area contributed by atoms with Crippen LogP contribution in [0.15, 0.2) is 40.2 Å². The predicted octanol–water partition coefficient (Wildman–Crippen LogP) is 1.89. The minimum Gasteiger partial charge on any atom is -0.495 e. The van der Waals surface area contributed by atoms with Crippen molar-refractivity contribution in [3.05, 3.63) is 51.4 Å². The van der Waals surface area contributed by atoms with Crippen molar-refractivity contribution < 1.29 is 13.2 Å². The first kappa shape index (κ1) is 19.9. The van der Waals surface area contributed by atoms with Crippen LogP contribution < -0.4 is 15.2 Å². The molecule has 0 atom stereocenters. The third-order valence-corrected chi connectivity index (χ3v) is 7.97. The van der Waals surface area contributed by atoms with Gasteiger partial charge in [-0.3, -0.25) is 9.20 Å². The Kier molecular flexibility index (Phi) is 5.09. The number of aryl methyl sites for hydroxylation is 2. The average Bonchev–Trinajstić information content (AvgIpc) is 3.08. The number of aromatic nitrogens is 2. The van der Waals surface area contributed by atoms with Crippen LogP contribution in [0, 0.1) is 13.8 Å². The first-order chi connectivity index (χ1) is 13.8. The molecule has 0 unspecified atom stereocenters. The first-order valence-corrected chi connectivity index (χ1v) is 11.5. The molecule has 3 aromatic rings. The number of thiazole rings is 1. The van der Waals surface area contributed by atoms with Crippen LogP contribution in [0.5, 0.6) is 5.75 Å². The van der Waals surface area contributed by atoms with E-state index >= 15 is 0 Å². The summed E-state index contributed by atoms with van der Waals surface area (Å²) in [5.41, 5.74) is 0.633. The maximum atomic E-state index is 13.3. The Morgan fingerprint density at radius 2 is 1.79 bits per heavy atom. The van der Waals surface area contributed by atoms with E-state index < -0.39 is 15.6 Å². The van der Waals surface area contributed by atoms with Crippen molar-refractivity contribution >= 4 is 32.0 Å². The van der Waals surface area contributed by atoms with Crippen molar-refractivity contribution in [2.45, 2.75) is 18.7 Å². The van der Waals surface area contributed by atoms with Gasteiger partial charge >= 0.3 is 0 Å². The monoisotopic (exact) mass is 434 g/mol. The molecular formula is C19H22N4O4S2. The highest BCUT2D eigenvalue weighted by Crippen LogP contribution is 2.29. The van der Waals surface area contributed by atoms with Gasteiger partial charge in [0, 0.05) is 37.3 Å². The SMILES string of the molecule is COc1ccccc1N1CCN(S(=O)(=O)c2c(C)nc3sc(C)cn3c2=O)CC1. The van der Waals surface area contributed by atoms with Gasteiger partial charge in [0.15, 0.2) is 9.86 Å². The zero-order chi connectivity index (χ0) is 20.8. The van der Waals surface area contributed by atoms with E-state index in [2.05, 4.69) is 9.88 Å². The number of sulfonamides is 1. The molecule has 3 heterocycles. The molecule has 0 bridgehead atoms. The highest BCUT2D eigenvalue weighted by atomic mass is 32.2. The van der Waals surface area contributed by atoms with Crippen molar-refractivity contribution in [2.24, 2.45) is 0 Å². The fraction of sp³-hybridized carbons (Fsp3) is 0.368. The number of piperazine rings is 1. The molecule has 0 amide bonds. The number of anilines is 1. The third-order valence-electron chi connectivity index (χ3n) is 5.04. The molecule has 29 heavy (non-hydrogen) atoms. The smallest absolute Gasteiger partial charge is 0.279 e. The molecule has 1 aromatic carbocycles. The van der Waals surface area contributed by atoms with Gasteiger partial charge in [-0.2, -0.15) is 4.31 Å². The summed E-state index contributed by atoms with van der Waals surface area (Å²) < 4.78 is 34.7. The number of nitrogens with zero attached hydrogens (tertiary/aromatic N) is 4. The van der Waals surface area contributed by atoms with E-state index in [0.29, 0.717) is 18.1 Å². The van der Waals surface area contributed by atoms with Crippen LogP contribution >= 0.6 is 11.3 Å². The van der Waals surface area contributed by atoms with Gasteiger partial charge in [0.1, 0.15) is 5.75 Å². The van der Waals surface area contributed by atoms with Crippen LogP contribution in [0.1, 0.15) is 10.6 Å². The van der Waals surface area contributed by atoms with Crippen molar-refractivity contribution in [1.29, 1.82) is 0 Å². The molecule has 10 heteroatoms. The Balaban J connectivity index is 1.63. The van der Waals surface area contributed by atoms with E-state index in [0.717, 1.165) is 16.3 Å². The minimum atomic E-state index is -3.94. The fourth-order valence-electron chi connectivity index (χ4n) is 3.62. The second kappa shape index (κ2) is 7.43. The van der Waals surface area contributed by atoms with Crippen molar-refractivity contribution in [3.63, 3.8) is 0 Å². The van der Waals surface area contributed by atoms with E-state index in [1.54, 1.807) is 20.2 Å². The van der Waals surface area contributed by atoms with Crippen molar-refractivity contribution in [3.8, 4) is 5.75 Å². The summed E-state index contributed by atoms with van der Waals surface area (Å²) >= 11 is 1.36. The van der Waals surface area contributed by atoms with Gasteiger partial charge in [0.2, 0.25) is 0 Å². The Morgan fingerprint density at radius 1 is 1.10 bits per heavy atom. The molecule has 8 nitrogen and oxygen atoms in total. The van der Waals surface area contributed by atoms with Crippen LogP contribution in [0.25, 0.3) is 4.96 Å². The van der Waals surface area contributed by atoms with Crippen LogP contribution in [-0.4, -0.2) is 55.4 Å². The molecule has 4 rings (SSSR count). The summed E-state index contributed by atoms with van der Waals surface area (Å²) in [6, 6.07) is 7.66. The Labute approximate surface area is 173 Å². The fourth-order valence-corrected chi connectivity index (χ4v) is 6.13. The van der Waals surface area contributed by atoms with Crippen molar-refractivity contribution in [1.82, 2.24) is 13.7 Å². The molecule has 2 aromatic heterocycles. The number of ether oxygens (including phenoxy) is 1. The normalized spacial score (nSPS) is 15.8. The molecule has 0 aliphatic carbocycles. The second-order valence-corrected chi connectivity index (χ2v) is 9.98. The van der Waals surface area contributed by atoms with Crippen LogP contribution in [0.3, 0.4) is 0 Å². The lowest BCUT2D eigenvalue weighted by molar-refractivity contribution is 0.377. The summed E-state index contributed by atoms with van der Waals surface area (Å²) in [4.78, 5) is 20.5. The number of benzene rings is 1. The van der Waals surface area contributed by atoms with Crippen LogP contribution in [0.4, 0.5) is 5.69 Å². The lowest BCUT2D eigenvalue weighted by Crippen LogP contribution is -2.49. The molecular weight excluding hydrogens is 412 g/mol. The maximum Gasteiger partial charge on any atom is 0.279 e. The van der Waals surface area contributed by atoms with Crippen LogP contribution in [0.2, 0.25) is 0 Å². The zero-order valence-corrected chi connectivity index (χ0v) is 18.1. The predicted molar refractivity (Wildman–Crippen MR) is 113 cm³/mol. The summed E-state index contributed by atoms with van der Waals surface area (Å²) in [5.74, 6) is 0.750. The number of rotatable bonds is 4. The summed E-state index contributed by atoms with van der Waals surface area (Å²) in [6.07, 6.45) is 1.63. The van der Waals surface area contributed by atoms with E-state index in [9.17, 15) is 13.2 Å². The molecule has 0 radical (unpaired) electrons. The van der Waals surface area contributed by atoms with E-state index in [-0.39, 0.29) is 23.7 Å². The quantitative estimate of drug-likeness (QED) is 0.624. The lowest BCUT2D eigenvalue weighted by atomic mass is 10.2. The van der Waals surface area contributed by atoms with Gasteiger partial charge in [0.25, 0.3) is 15.6 Å². The average molecular weight is 435 g/mol. The Hall–Kier alpha value is -2.43.